The van der Waals surface area contributed by atoms with Gasteiger partial charge < -0.3 is 9.47 Å². The largest absolute Gasteiger partial charge is 0.384 e. The molecule has 138 valence electrons. The van der Waals surface area contributed by atoms with Crippen LogP contribution in [0.1, 0.15) is 10.7 Å². The molecule has 0 spiro atoms. The Kier molecular flexibility index (Phi) is 6.09. The molecule has 5 nitrogen and oxygen atoms in total. The van der Waals surface area contributed by atoms with Gasteiger partial charge in [-0.25, -0.2) is 4.98 Å². The van der Waals surface area contributed by atoms with Crippen LogP contribution in [0.25, 0.3) is 21.3 Å². The van der Waals surface area contributed by atoms with E-state index in [1.807, 2.05) is 31.2 Å². The molecule has 2 aromatic heterocycles. The number of thiophene rings is 1. The highest BCUT2D eigenvalue weighted by atomic mass is 35.5. The van der Waals surface area contributed by atoms with Crippen LogP contribution >= 0.6 is 22.9 Å². The molecule has 7 heteroatoms. The molecule has 0 unspecified atom stereocenters. The normalized spacial score (nSPS) is 11.4. The van der Waals surface area contributed by atoms with E-state index >= 15 is 0 Å². The maximum Gasteiger partial charge on any atom is 0.262 e. The van der Waals surface area contributed by atoms with E-state index in [-0.39, 0.29) is 5.56 Å². The standard InChI is InChI=1S/C19H21ClN2O3S/c1-12-16(13-4-6-14(20)7-5-13)17-18(26-12)21-15(8-10-24-2)22(19(17)23)9-11-25-3/h4-7H,8-11H2,1-3H3. The minimum Gasteiger partial charge on any atom is -0.384 e. The number of methoxy groups -OCH3 is 2. The Morgan fingerprint density at radius 2 is 1.85 bits per heavy atom. The first-order valence-corrected chi connectivity index (χ1v) is 9.53. The highest BCUT2D eigenvalue weighted by Crippen LogP contribution is 2.36. The molecule has 0 bridgehead atoms. The molecule has 3 aromatic rings. The van der Waals surface area contributed by atoms with Gasteiger partial charge in [-0.3, -0.25) is 9.36 Å². The minimum atomic E-state index is -0.0348. The van der Waals surface area contributed by atoms with Gasteiger partial charge in [-0.15, -0.1) is 11.3 Å². The Morgan fingerprint density at radius 3 is 2.50 bits per heavy atom. The SMILES string of the molecule is COCCc1nc2sc(C)c(-c3ccc(Cl)cc3)c2c(=O)n1CCOC. The van der Waals surface area contributed by atoms with Gasteiger partial charge >= 0.3 is 0 Å². The van der Waals surface area contributed by atoms with Gasteiger partial charge in [-0.05, 0) is 24.6 Å². The zero-order valence-corrected chi connectivity index (χ0v) is 16.6. The lowest BCUT2D eigenvalue weighted by atomic mass is 10.0. The first kappa shape index (κ1) is 19.0. The number of aromatic nitrogens is 2. The van der Waals surface area contributed by atoms with E-state index in [4.69, 9.17) is 26.1 Å². The van der Waals surface area contributed by atoms with Crippen LogP contribution in [0.2, 0.25) is 5.02 Å². The Hall–Kier alpha value is -1.73. The Morgan fingerprint density at radius 1 is 1.15 bits per heavy atom. The number of fused-ring (bicyclic) bond motifs is 1. The second-order valence-corrected chi connectivity index (χ2v) is 7.58. The molecule has 26 heavy (non-hydrogen) atoms. The van der Waals surface area contributed by atoms with Crippen molar-refractivity contribution in [3.8, 4) is 11.1 Å². The number of hydrogen-bond donors (Lipinski definition) is 0. The van der Waals surface area contributed by atoms with Crippen molar-refractivity contribution in [3.05, 3.63) is 50.3 Å². The number of halogens is 1. The van der Waals surface area contributed by atoms with Crippen molar-refractivity contribution in [1.82, 2.24) is 9.55 Å². The van der Waals surface area contributed by atoms with Gasteiger partial charge in [-0.1, -0.05) is 23.7 Å². The second-order valence-electron chi connectivity index (χ2n) is 5.94. The lowest BCUT2D eigenvalue weighted by molar-refractivity contribution is 0.180. The average molecular weight is 393 g/mol. The molecule has 0 fully saturated rings. The van der Waals surface area contributed by atoms with Crippen LogP contribution in [-0.4, -0.2) is 37.0 Å². The summed E-state index contributed by atoms with van der Waals surface area (Å²) in [4.78, 5) is 19.9. The first-order valence-electron chi connectivity index (χ1n) is 8.33. The Labute approximate surface area is 161 Å². The number of hydrogen-bond acceptors (Lipinski definition) is 5. The van der Waals surface area contributed by atoms with Crippen LogP contribution in [0.15, 0.2) is 29.1 Å². The lowest BCUT2D eigenvalue weighted by Gasteiger charge is -2.12. The maximum atomic E-state index is 13.3. The number of ether oxygens (including phenoxy) is 2. The molecular formula is C19H21ClN2O3S. The van der Waals surface area contributed by atoms with Gasteiger partial charge in [-0.2, -0.15) is 0 Å². The van der Waals surface area contributed by atoms with Crippen molar-refractivity contribution in [2.24, 2.45) is 0 Å². The van der Waals surface area contributed by atoms with Gasteiger partial charge in [0.15, 0.2) is 0 Å². The molecule has 2 heterocycles. The van der Waals surface area contributed by atoms with Crippen LogP contribution < -0.4 is 5.56 Å². The molecule has 0 saturated heterocycles. The van der Waals surface area contributed by atoms with Crippen molar-refractivity contribution in [2.45, 2.75) is 19.9 Å². The molecule has 0 N–H and O–H groups in total. The van der Waals surface area contributed by atoms with Crippen molar-refractivity contribution >= 4 is 33.2 Å². The fraction of sp³-hybridized carbons (Fsp3) is 0.368. The lowest BCUT2D eigenvalue weighted by Crippen LogP contribution is -2.27. The molecule has 0 aliphatic rings. The summed E-state index contributed by atoms with van der Waals surface area (Å²) in [6.45, 7) is 3.45. The molecule has 1 aromatic carbocycles. The van der Waals surface area contributed by atoms with E-state index in [9.17, 15) is 4.79 Å². The zero-order valence-electron chi connectivity index (χ0n) is 15.0. The maximum absolute atomic E-state index is 13.3. The summed E-state index contributed by atoms with van der Waals surface area (Å²) in [5.74, 6) is 0.727. The molecule has 0 saturated carbocycles. The summed E-state index contributed by atoms with van der Waals surface area (Å²) in [7, 11) is 3.27. The van der Waals surface area contributed by atoms with Crippen molar-refractivity contribution < 1.29 is 9.47 Å². The van der Waals surface area contributed by atoms with Crippen LogP contribution in [0.3, 0.4) is 0 Å². The predicted octanol–water partition coefficient (Wildman–Crippen LogP) is 3.92. The minimum absolute atomic E-state index is 0.0348. The molecule has 3 rings (SSSR count). The second kappa shape index (κ2) is 8.31. The molecule has 0 atom stereocenters. The molecule has 0 aliphatic carbocycles. The number of aryl methyl sites for hydroxylation is 1. The van der Waals surface area contributed by atoms with Crippen molar-refractivity contribution in [1.29, 1.82) is 0 Å². The summed E-state index contributed by atoms with van der Waals surface area (Å²) in [5.41, 5.74) is 1.87. The third-order valence-corrected chi connectivity index (χ3v) is 5.50. The molecule has 0 amide bonds. The summed E-state index contributed by atoms with van der Waals surface area (Å²) in [6.07, 6.45) is 0.582. The predicted molar refractivity (Wildman–Crippen MR) is 107 cm³/mol. The summed E-state index contributed by atoms with van der Waals surface area (Å²) < 4.78 is 12.1. The molecular weight excluding hydrogens is 372 g/mol. The summed E-state index contributed by atoms with van der Waals surface area (Å²) >= 11 is 7.56. The van der Waals surface area contributed by atoms with E-state index in [1.54, 1.807) is 30.1 Å². The van der Waals surface area contributed by atoms with Crippen molar-refractivity contribution in [2.75, 3.05) is 27.4 Å². The Bertz CT molecular complexity index is 964. The molecule has 0 aliphatic heterocycles. The highest BCUT2D eigenvalue weighted by molar-refractivity contribution is 7.19. The van der Waals surface area contributed by atoms with Crippen molar-refractivity contribution in [3.63, 3.8) is 0 Å². The fourth-order valence-corrected chi connectivity index (χ4v) is 4.18. The smallest absolute Gasteiger partial charge is 0.262 e. The van der Waals surface area contributed by atoms with E-state index < -0.39 is 0 Å². The van der Waals surface area contributed by atoms with E-state index in [0.29, 0.717) is 36.6 Å². The third kappa shape index (κ3) is 3.69. The van der Waals surface area contributed by atoms with Crippen LogP contribution in [0.5, 0.6) is 0 Å². The summed E-state index contributed by atoms with van der Waals surface area (Å²) in [5, 5.41) is 1.33. The van der Waals surface area contributed by atoms with Crippen LogP contribution in [0.4, 0.5) is 0 Å². The van der Waals surface area contributed by atoms with Gasteiger partial charge in [0.1, 0.15) is 10.7 Å². The topological polar surface area (TPSA) is 53.3 Å². The molecule has 0 radical (unpaired) electrons. The fourth-order valence-electron chi connectivity index (χ4n) is 3.00. The summed E-state index contributed by atoms with van der Waals surface area (Å²) in [6, 6.07) is 7.55. The quantitative estimate of drug-likeness (QED) is 0.611. The van der Waals surface area contributed by atoms with Gasteiger partial charge in [0.25, 0.3) is 5.56 Å². The van der Waals surface area contributed by atoms with E-state index in [2.05, 4.69) is 0 Å². The highest BCUT2D eigenvalue weighted by Gasteiger charge is 2.19. The average Bonchev–Trinajstić information content (AvgIpc) is 2.96. The van der Waals surface area contributed by atoms with Gasteiger partial charge in [0.05, 0.1) is 25.1 Å². The third-order valence-electron chi connectivity index (χ3n) is 4.25. The monoisotopic (exact) mass is 392 g/mol. The first-order chi connectivity index (χ1) is 12.6. The van der Waals surface area contributed by atoms with E-state index in [1.165, 1.54) is 0 Å². The van der Waals surface area contributed by atoms with Crippen LogP contribution in [0, 0.1) is 6.92 Å². The van der Waals surface area contributed by atoms with Crippen LogP contribution in [-0.2, 0) is 22.4 Å². The van der Waals surface area contributed by atoms with Gasteiger partial charge in [0.2, 0.25) is 0 Å². The Balaban J connectivity index is 2.23. The number of nitrogens with zero attached hydrogens (tertiary/aromatic N) is 2. The van der Waals surface area contributed by atoms with E-state index in [0.717, 1.165) is 26.7 Å². The number of rotatable bonds is 7. The van der Waals surface area contributed by atoms with Gasteiger partial charge in [0, 0.05) is 36.1 Å². The number of benzene rings is 1. The zero-order chi connectivity index (χ0) is 18.7.